The van der Waals surface area contributed by atoms with Crippen LogP contribution in [0.25, 0.3) is 0 Å². The molecule has 1 aromatic rings. The van der Waals surface area contributed by atoms with Crippen molar-refractivity contribution in [3.05, 3.63) is 0 Å². The Kier molecular flexibility index (Phi) is 4.17. The molecule has 1 aliphatic heterocycles. The van der Waals surface area contributed by atoms with E-state index in [1.165, 1.54) is 12.8 Å². The van der Waals surface area contributed by atoms with Crippen molar-refractivity contribution in [1.82, 2.24) is 15.0 Å². The van der Waals surface area contributed by atoms with Crippen LogP contribution in [0, 0.1) is 0 Å². The van der Waals surface area contributed by atoms with Gasteiger partial charge in [0.05, 0.1) is 0 Å². The monoisotopic (exact) mass is 250 g/mol. The molecule has 0 aliphatic carbocycles. The van der Waals surface area contributed by atoms with Gasteiger partial charge in [0.25, 0.3) is 0 Å². The Morgan fingerprint density at radius 3 is 2.61 bits per heavy atom. The van der Waals surface area contributed by atoms with Crippen LogP contribution in [0.3, 0.4) is 0 Å². The van der Waals surface area contributed by atoms with Gasteiger partial charge < -0.3 is 15.5 Å². The Balaban J connectivity index is 2.14. The summed E-state index contributed by atoms with van der Waals surface area (Å²) in [5.74, 6) is 1.71. The number of nitrogen functional groups attached to an aromatic ring is 1. The quantitative estimate of drug-likeness (QED) is 0.849. The number of anilines is 3. The summed E-state index contributed by atoms with van der Waals surface area (Å²) in [6.07, 6.45) is 4.68. The normalized spacial score (nSPS) is 15.1. The smallest absolute Gasteiger partial charge is 0.231 e. The number of rotatable bonds is 5. The van der Waals surface area contributed by atoms with Crippen LogP contribution in [0.15, 0.2) is 0 Å². The summed E-state index contributed by atoms with van der Waals surface area (Å²) in [6, 6.07) is 0. The number of unbranched alkanes of at least 4 members (excludes halogenated alkanes) is 1. The summed E-state index contributed by atoms with van der Waals surface area (Å²) in [4.78, 5) is 17.2. The van der Waals surface area contributed by atoms with E-state index in [1.807, 2.05) is 11.9 Å². The summed E-state index contributed by atoms with van der Waals surface area (Å²) in [6.45, 7) is 5.15. The SMILES string of the molecule is CCCCN(C)c1nc(N)nc(N2CCCC2)n1. The summed E-state index contributed by atoms with van der Waals surface area (Å²) < 4.78 is 0. The average molecular weight is 250 g/mol. The molecule has 0 radical (unpaired) electrons. The Labute approximate surface area is 108 Å². The number of hydrogen-bond donors (Lipinski definition) is 1. The predicted molar refractivity (Wildman–Crippen MR) is 73.9 cm³/mol. The lowest BCUT2D eigenvalue weighted by Gasteiger charge is -2.20. The first kappa shape index (κ1) is 12.9. The molecule has 1 aliphatic rings. The molecule has 1 aromatic heterocycles. The number of nitrogens with zero attached hydrogens (tertiary/aromatic N) is 5. The molecule has 0 atom stereocenters. The molecule has 0 amide bonds. The topological polar surface area (TPSA) is 71.2 Å². The van der Waals surface area contributed by atoms with Gasteiger partial charge in [-0.1, -0.05) is 13.3 Å². The summed E-state index contributed by atoms with van der Waals surface area (Å²) >= 11 is 0. The molecule has 0 unspecified atom stereocenters. The van der Waals surface area contributed by atoms with E-state index < -0.39 is 0 Å². The minimum Gasteiger partial charge on any atom is -0.368 e. The minimum absolute atomic E-state index is 0.310. The zero-order chi connectivity index (χ0) is 13.0. The maximum atomic E-state index is 5.78. The van der Waals surface area contributed by atoms with Crippen molar-refractivity contribution < 1.29 is 0 Å². The van der Waals surface area contributed by atoms with Crippen molar-refractivity contribution in [3.8, 4) is 0 Å². The Morgan fingerprint density at radius 1 is 1.22 bits per heavy atom. The molecule has 1 fully saturated rings. The van der Waals surface area contributed by atoms with Crippen molar-refractivity contribution in [3.63, 3.8) is 0 Å². The second-order valence-corrected chi connectivity index (χ2v) is 4.76. The first-order valence-corrected chi connectivity index (χ1v) is 6.68. The highest BCUT2D eigenvalue weighted by Gasteiger charge is 2.17. The first-order chi connectivity index (χ1) is 8.70. The van der Waals surface area contributed by atoms with Crippen LogP contribution in [0.5, 0.6) is 0 Å². The Hall–Kier alpha value is -1.59. The van der Waals surface area contributed by atoms with Crippen LogP contribution < -0.4 is 15.5 Å². The molecule has 0 aromatic carbocycles. The van der Waals surface area contributed by atoms with Gasteiger partial charge in [-0.05, 0) is 19.3 Å². The fourth-order valence-electron chi connectivity index (χ4n) is 2.09. The zero-order valence-electron chi connectivity index (χ0n) is 11.3. The molecule has 1 saturated heterocycles. The highest BCUT2D eigenvalue weighted by Crippen LogP contribution is 2.18. The Morgan fingerprint density at radius 2 is 1.94 bits per heavy atom. The molecular formula is C12H22N6. The third-order valence-corrected chi connectivity index (χ3v) is 3.21. The number of aromatic nitrogens is 3. The van der Waals surface area contributed by atoms with Crippen LogP contribution >= 0.6 is 0 Å². The molecule has 18 heavy (non-hydrogen) atoms. The van der Waals surface area contributed by atoms with Crippen LogP contribution in [0.4, 0.5) is 17.8 Å². The number of nitrogens with two attached hydrogens (primary N) is 1. The van der Waals surface area contributed by atoms with Crippen LogP contribution in [0.2, 0.25) is 0 Å². The van der Waals surface area contributed by atoms with Gasteiger partial charge >= 0.3 is 0 Å². The van der Waals surface area contributed by atoms with Gasteiger partial charge in [-0.25, -0.2) is 0 Å². The second kappa shape index (κ2) is 5.84. The maximum Gasteiger partial charge on any atom is 0.231 e. The van der Waals surface area contributed by atoms with Gasteiger partial charge in [0.15, 0.2) is 0 Å². The summed E-state index contributed by atoms with van der Waals surface area (Å²) in [5.41, 5.74) is 5.78. The number of hydrogen-bond acceptors (Lipinski definition) is 6. The van der Waals surface area contributed by atoms with Crippen LogP contribution in [0.1, 0.15) is 32.6 Å². The van der Waals surface area contributed by atoms with E-state index in [1.54, 1.807) is 0 Å². The van der Waals surface area contributed by atoms with Gasteiger partial charge in [-0.2, -0.15) is 15.0 Å². The Bertz CT molecular complexity index is 388. The highest BCUT2D eigenvalue weighted by atomic mass is 15.3. The van der Waals surface area contributed by atoms with E-state index in [0.717, 1.165) is 38.4 Å². The van der Waals surface area contributed by atoms with E-state index in [2.05, 4.69) is 26.8 Å². The van der Waals surface area contributed by atoms with Crippen LogP contribution in [-0.2, 0) is 0 Å². The van der Waals surface area contributed by atoms with Crippen molar-refractivity contribution in [1.29, 1.82) is 0 Å². The molecule has 100 valence electrons. The van der Waals surface area contributed by atoms with E-state index in [9.17, 15) is 0 Å². The molecule has 6 heteroatoms. The van der Waals surface area contributed by atoms with E-state index in [-0.39, 0.29) is 0 Å². The lowest BCUT2D eigenvalue weighted by molar-refractivity contribution is 0.744. The first-order valence-electron chi connectivity index (χ1n) is 6.68. The third kappa shape index (κ3) is 3.00. The fourth-order valence-corrected chi connectivity index (χ4v) is 2.09. The highest BCUT2D eigenvalue weighted by molar-refractivity contribution is 5.43. The summed E-state index contributed by atoms with van der Waals surface area (Å²) in [7, 11) is 2.00. The molecule has 2 heterocycles. The van der Waals surface area contributed by atoms with Crippen molar-refractivity contribution in [2.75, 3.05) is 42.2 Å². The zero-order valence-corrected chi connectivity index (χ0v) is 11.3. The van der Waals surface area contributed by atoms with Crippen molar-refractivity contribution in [2.45, 2.75) is 32.6 Å². The van der Waals surface area contributed by atoms with E-state index in [4.69, 9.17) is 5.73 Å². The lowest BCUT2D eigenvalue weighted by atomic mass is 10.3. The van der Waals surface area contributed by atoms with Gasteiger partial charge in [0.1, 0.15) is 0 Å². The van der Waals surface area contributed by atoms with Gasteiger partial charge in [-0.3, -0.25) is 0 Å². The molecule has 0 spiro atoms. The molecule has 0 bridgehead atoms. The van der Waals surface area contributed by atoms with Crippen LogP contribution in [-0.4, -0.2) is 41.6 Å². The molecule has 2 rings (SSSR count). The van der Waals surface area contributed by atoms with E-state index in [0.29, 0.717) is 11.9 Å². The van der Waals surface area contributed by atoms with E-state index >= 15 is 0 Å². The maximum absolute atomic E-state index is 5.78. The largest absolute Gasteiger partial charge is 0.368 e. The molecule has 2 N–H and O–H groups in total. The third-order valence-electron chi connectivity index (χ3n) is 3.21. The van der Waals surface area contributed by atoms with Crippen molar-refractivity contribution in [2.24, 2.45) is 0 Å². The summed E-state index contributed by atoms with van der Waals surface area (Å²) in [5, 5.41) is 0. The molecule has 6 nitrogen and oxygen atoms in total. The second-order valence-electron chi connectivity index (χ2n) is 4.76. The lowest BCUT2D eigenvalue weighted by Crippen LogP contribution is -2.26. The van der Waals surface area contributed by atoms with Crippen molar-refractivity contribution >= 4 is 17.8 Å². The molecule has 0 saturated carbocycles. The predicted octanol–water partition coefficient (Wildman–Crippen LogP) is 1.29. The minimum atomic E-state index is 0.310. The standard InChI is InChI=1S/C12H22N6/c1-3-4-7-17(2)11-14-10(13)15-12(16-11)18-8-5-6-9-18/h3-9H2,1-2H3,(H2,13,14,15,16). The average Bonchev–Trinajstić information content (AvgIpc) is 2.89. The van der Waals surface area contributed by atoms with Gasteiger partial charge in [-0.15, -0.1) is 0 Å². The molecular weight excluding hydrogens is 228 g/mol. The van der Waals surface area contributed by atoms with Gasteiger partial charge in [0, 0.05) is 26.7 Å². The fraction of sp³-hybridized carbons (Fsp3) is 0.750. The van der Waals surface area contributed by atoms with Gasteiger partial charge in [0.2, 0.25) is 17.8 Å².